The van der Waals surface area contributed by atoms with Crippen LogP contribution in [0.5, 0.6) is 0 Å². The Labute approximate surface area is 119 Å². The number of nitrogens with one attached hydrogen (secondary N) is 1. The van der Waals surface area contributed by atoms with Crippen molar-refractivity contribution in [2.24, 2.45) is 0 Å². The molecule has 0 spiro atoms. The Morgan fingerprint density at radius 3 is 2.80 bits per heavy atom. The van der Waals surface area contributed by atoms with Gasteiger partial charge in [0, 0.05) is 24.4 Å². The summed E-state index contributed by atoms with van der Waals surface area (Å²) >= 11 is 0. The molecule has 20 heavy (non-hydrogen) atoms. The third-order valence-corrected chi connectivity index (χ3v) is 3.96. The largest absolute Gasteiger partial charge is 0.444 e. The molecule has 4 nitrogen and oxygen atoms in total. The van der Waals surface area contributed by atoms with Crippen LogP contribution in [0.4, 0.5) is 5.69 Å². The van der Waals surface area contributed by atoms with Crippen molar-refractivity contribution in [3.05, 3.63) is 36.9 Å². The van der Waals surface area contributed by atoms with Crippen LogP contribution in [0.3, 0.4) is 0 Å². The van der Waals surface area contributed by atoms with Crippen LogP contribution in [0.1, 0.15) is 25.7 Å². The van der Waals surface area contributed by atoms with E-state index in [1.54, 1.807) is 13.3 Å². The van der Waals surface area contributed by atoms with E-state index in [4.69, 9.17) is 9.15 Å². The van der Waals surface area contributed by atoms with Gasteiger partial charge in [0.25, 0.3) is 0 Å². The standard InChI is InChI=1S/C16H20N2O2/c1-19-15-7-5-13(6-8-15)18-14-4-2-3-12(9-14)16-10-17-11-20-16/h2-4,9-11,13,15,18H,5-8H2,1H3. The van der Waals surface area contributed by atoms with Crippen molar-refractivity contribution in [3.63, 3.8) is 0 Å². The number of hydrogen-bond donors (Lipinski definition) is 1. The van der Waals surface area contributed by atoms with Crippen molar-refractivity contribution in [1.82, 2.24) is 4.98 Å². The van der Waals surface area contributed by atoms with Gasteiger partial charge in [-0.05, 0) is 37.8 Å². The molecule has 0 bridgehead atoms. The average Bonchev–Trinajstić information content (AvgIpc) is 3.03. The van der Waals surface area contributed by atoms with Crippen LogP contribution in [0.25, 0.3) is 11.3 Å². The summed E-state index contributed by atoms with van der Waals surface area (Å²) in [5.41, 5.74) is 2.19. The van der Waals surface area contributed by atoms with E-state index in [1.807, 2.05) is 12.1 Å². The number of anilines is 1. The molecule has 2 aromatic rings. The molecule has 106 valence electrons. The Morgan fingerprint density at radius 2 is 2.10 bits per heavy atom. The van der Waals surface area contributed by atoms with Gasteiger partial charge in [0.05, 0.1) is 12.3 Å². The second-order valence-electron chi connectivity index (χ2n) is 5.30. The Kier molecular flexibility index (Phi) is 4.02. The van der Waals surface area contributed by atoms with Gasteiger partial charge in [-0.3, -0.25) is 0 Å². The van der Waals surface area contributed by atoms with Gasteiger partial charge in [0.15, 0.2) is 12.2 Å². The summed E-state index contributed by atoms with van der Waals surface area (Å²) in [4.78, 5) is 3.96. The molecule has 1 aromatic heterocycles. The third-order valence-electron chi connectivity index (χ3n) is 3.96. The Hall–Kier alpha value is -1.81. The highest BCUT2D eigenvalue weighted by atomic mass is 16.5. The molecule has 0 radical (unpaired) electrons. The van der Waals surface area contributed by atoms with Gasteiger partial charge in [-0.15, -0.1) is 0 Å². The molecule has 1 N–H and O–H groups in total. The summed E-state index contributed by atoms with van der Waals surface area (Å²) in [7, 11) is 1.80. The molecular weight excluding hydrogens is 252 g/mol. The van der Waals surface area contributed by atoms with E-state index in [-0.39, 0.29) is 0 Å². The van der Waals surface area contributed by atoms with E-state index in [0.29, 0.717) is 12.1 Å². The van der Waals surface area contributed by atoms with Crippen molar-refractivity contribution in [2.45, 2.75) is 37.8 Å². The van der Waals surface area contributed by atoms with E-state index in [1.165, 1.54) is 6.39 Å². The molecule has 1 aliphatic carbocycles. The van der Waals surface area contributed by atoms with E-state index in [0.717, 1.165) is 42.7 Å². The monoisotopic (exact) mass is 272 g/mol. The maximum atomic E-state index is 5.41. The van der Waals surface area contributed by atoms with Crippen LogP contribution in [0.2, 0.25) is 0 Å². The van der Waals surface area contributed by atoms with Crippen molar-refractivity contribution in [2.75, 3.05) is 12.4 Å². The average molecular weight is 272 g/mol. The van der Waals surface area contributed by atoms with Gasteiger partial charge < -0.3 is 14.5 Å². The van der Waals surface area contributed by atoms with Crippen LogP contribution in [-0.4, -0.2) is 24.2 Å². The zero-order chi connectivity index (χ0) is 13.8. The third kappa shape index (κ3) is 3.02. The smallest absolute Gasteiger partial charge is 0.181 e. The number of aromatic nitrogens is 1. The normalized spacial score (nSPS) is 22.6. The van der Waals surface area contributed by atoms with Gasteiger partial charge in [0.1, 0.15) is 0 Å². The van der Waals surface area contributed by atoms with E-state index >= 15 is 0 Å². The topological polar surface area (TPSA) is 47.3 Å². The summed E-state index contributed by atoms with van der Waals surface area (Å²) in [6, 6.07) is 8.83. The molecule has 4 heteroatoms. The van der Waals surface area contributed by atoms with E-state index in [9.17, 15) is 0 Å². The first-order chi connectivity index (χ1) is 9.85. The van der Waals surface area contributed by atoms with Gasteiger partial charge in [-0.2, -0.15) is 0 Å². The van der Waals surface area contributed by atoms with Crippen LogP contribution in [0.15, 0.2) is 41.3 Å². The second kappa shape index (κ2) is 6.09. The predicted octanol–water partition coefficient (Wildman–Crippen LogP) is 3.71. The molecule has 0 aliphatic heterocycles. The van der Waals surface area contributed by atoms with Crippen LogP contribution in [0, 0.1) is 0 Å². The van der Waals surface area contributed by atoms with Crippen molar-refractivity contribution >= 4 is 5.69 Å². The first-order valence-corrected chi connectivity index (χ1v) is 7.13. The fraction of sp³-hybridized carbons (Fsp3) is 0.438. The van der Waals surface area contributed by atoms with Gasteiger partial charge in [-0.25, -0.2) is 4.98 Å². The highest BCUT2D eigenvalue weighted by Gasteiger charge is 2.20. The fourth-order valence-electron chi connectivity index (χ4n) is 2.80. The minimum Gasteiger partial charge on any atom is -0.444 e. The minimum atomic E-state index is 0.438. The highest BCUT2D eigenvalue weighted by Crippen LogP contribution is 2.26. The number of nitrogens with zero attached hydrogens (tertiary/aromatic N) is 1. The fourth-order valence-corrected chi connectivity index (χ4v) is 2.80. The van der Waals surface area contributed by atoms with Gasteiger partial charge in [-0.1, -0.05) is 12.1 Å². The van der Waals surface area contributed by atoms with E-state index in [2.05, 4.69) is 22.4 Å². The van der Waals surface area contributed by atoms with Crippen molar-refractivity contribution in [3.8, 4) is 11.3 Å². The molecule has 0 saturated heterocycles. The lowest BCUT2D eigenvalue weighted by Crippen LogP contribution is -2.29. The molecule has 0 atom stereocenters. The summed E-state index contributed by atoms with van der Waals surface area (Å²) in [6.45, 7) is 0. The lowest BCUT2D eigenvalue weighted by molar-refractivity contribution is 0.0682. The molecule has 3 rings (SSSR count). The molecule has 0 unspecified atom stereocenters. The number of benzene rings is 1. The Morgan fingerprint density at radius 1 is 1.25 bits per heavy atom. The summed E-state index contributed by atoms with van der Waals surface area (Å²) in [5, 5.41) is 3.61. The number of rotatable bonds is 4. The number of hydrogen-bond acceptors (Lipinski definition) is 4. The molecule has 1 saturated carbocycles. The van der Waals surface area contributed by atoms with Gasteiger partial charge in [0.2, 0.25) is 0 Å². The number of oxazole rings is 1. The summed E-state index contributed by atoms with van der Waals surface area (Å²) < 4.78 is 10.7. The zero-order valence-electron chi connectivity index (χ0n) is 11.7. The maximum absolute atomic E-state index is 5.41. The second-order valence-corrected chi connectivity index (χ2v) is 5.30. The SMILES string of the molecule is COC1CCC(Nc2cccc(-c3cnco3)c2)CC1. The predicted molar refractivity (Wildman–Crippen MR) is 78.6 cm³/mol. The summed E-state index contributed by atoms with van der Waals surface area (Å²) in [6.07, 6.45) is 8.22. The maximum Gasteiger partial charge on any atom is 0.181 e. The van der Waals surface area contributed by atoms with Crippen molar-refractivity contribution < 1.29 is 9.15 Å². The minimum absolute atomic E-state index is 0.438. The molecule has 1 fully saturated rings. The zero-order valence-corrected chi connectivity index (χ0v) is 11.7. The lowest BCUT2D eigenvalue weighted by Gasteiger charge is -2.29. The number of methoxy groups -OCH3 is 1. The van der Waals surface area contributed by atoms with E-state index < -0.39 is 0 Å². The van der Waals surface area contributed by atoms with Crippen LogP contribution in [-0.2, 0) is 4.74 Å². The Bertz CT molecular complexity index is 531. The molecule has 0 amide bonds. The molecular formula is C16H20N2O2. The van der Waals surface area contributed by atoms with Crippen molar-refractivity contribution in [1.29, 1.82) is 0 Å². The first-order valence-electron chi connectivity index (χ1n) is 7.13. The molecule has 1 aliphatic rings. The Balaban J connectivity index is 1.65. The van der Waals surface area contributed by atoms with Crippen LogP contribution < -0.4 is 5.32 Å². The quantitative estimate of drug-likeness (QED) is 0.921. The lowest BCUT2D eigenvalue weighted by atomic mass is 9.93. The number of ether oxygens (including phenoxy) is 1. The molecule has 1 aromatic carbocycles. The van der Waals surface area contributed by atoms with Crippen LogP contribution >= 0.6 is 0 Å². The summed E-state index contributed by atoms with van der Waals surface area (Å²) in [5.74, 6) is 0.803. The highest BCUT2D eigenvalue weighted by molar-refractivity contribution is 5.63. The van der Waals surface area contributed by atoms with Gasteiger partial charge >= 0.3 is 0 Å². The molecule has 1 heterocycles. The first kappa shape index (κ1) is 13.2.